The van der Waals surface area contributed by atoms with Gasteiger partial charge in [-0.05, 0) is 31.0 Å². The Morgan fingerprint density at radius 3 is 2.90 bits per heavy atom. The van der Waals surface area contributed by atoms with Gasteiger partial charge in [-0.3, -0.25) is 9.48 Å². The molecule has 1 atom stereocenters. The van der Waals surface area contributed by atoms with Crippen LogP contribution in [0.5, 0.6) is 0 Å². The van der Waals surface area contributed by atoms with Crippen molar-refractivity contribution in [3.8, 4) is 0 Å². The van der Waals surface area contributed by atoms with Crippen molar-refractivity contribution >= 4 is 29.1 Å². The Morgan fingerprint density at radius 2 is 2.24 bits per heavy atom. The molecule has 1 aromatic heterocycles. The van der Waals surface area contributed by atoms with Crippen molar-refractivity contribution in [2.75, 3.05) is 0 Å². The van der Waals surface area contributed by atoms with Crippen molar-refractivity contribution in [3.05, 3.63) is 46.5 Å². The minimum Gasteiger partial charge on any atom is -0.353 e. The largest absolute Gasteiger partial charge is 0.353 e. The van der Waals surface area contributed by atoms with E-state index in [0.29, 0.717) is 29.4 Å². The predicted octanol–water partition coefficient (Wildman–Crippen LogP) is 2.72. The van der Waals surface area contributed by atoms with Gasteiger partial charge in [0.2, 0.25) is 5.91 Å². The van der Waals surface area contributed by atoms with Gasteiger partial charge in [0.05, 0.1) is 6.54 Å². The second-order valence-electron chi connectivity index (χ2n) is 4.82. The molecule has 21 heavy (non-hydrogen) atoms. The number of hydrogen-bond donors (Lipinski definition) is 1. The van der Waals surface area contributed by atoms with Gasteiger partial charge < -0.3 is 5.32 Å². The Balaban J connectivity index is 1.80. The molecule has 0 spiro atoms. The highest BCUT2D eigenvalue weighted by atomic mass is 35.5. The smallest absolute Gasteiger partial charge is 0.222 e. The average molecular weight is 327 g/mol. The molecule has 0 unspecified atom stereocenters. The van der Waals surface area contributed by atoms with E-state index >= 15 is 0 Å². The summed E-state index contributed by atoms with van der Waals surface area (Å²) >= 11 is 12.0. The van der Waals surface area contributed by atoms with Crippen molar-refractivity contribution in [2.45, 2.75) is 32.4 Å². The minimum atomic E-state index is -0.0249. The van der Waals surface area contributed by atoms with E-state index in [9.17, 15) is 4.79 Å². The second-order valence-corrected chi connectivity index (χ2v) is 5.66. The Hall–Kier alpha value is -1.59. The van der Waals surface area contributed by atoms with E-state index in [1.165, 1.54) is 6.33 Å². The van der Waals surface area contributed by atoms with Gasteiger partial charge in [-0.25, -0.2) is 4.98 Å². The molecule has 0 saturated heterocycles. The molecule has 112 valence electrons. The third-order valence-electron chi connectivity index (χ3n) is 2.98. The first kappa shape index (κ1) is 15.8. The van der Waals surface area contributed by atoms with E-state index in [1.807, 2.05) is 13.0 Å². The quantitative estimate of drug-likeness (QED) is 0.887. The lowest BCUT2D eigenvalue weighted by molar-refractivity contribution is -0.121. The molecular formula is C14H16Cl2N4O. The van der Waals surface area contributed by atoms with E-state index in [-0.39, 0.29) is 11.9 Å². The lowest BCUT2D eigenvalue weighted by Gasteiger charge is -2.15. The van der Waals surface area contributed by atoms with Crippen LogP contribution in [0.2, 0.25) is 10.0 Å². The predicted molar refractivity (Wildman–Crippen MR) is 82.4 cm³/mol. The number of halogens is 2. The van der Waals surface area contributed by atoms with Gasteiger partial charge in [-0.15, -0.1) is 0 Å². The average Bonchev–Trinajstić information content (AvgIpc) is 2.93. The van der Waals surface area contributed by atoms with Crippen LogP contribution in [0.25, 0.3) is 0 Å². The normalized spacial score (nSPS) is 12.1. The van der Waals surface area contributed by atoms with E-state index in [1.54, 1.807) is 23.1 Å². The fourth-order valence-electron chi connectivity index (χ4n) is 1.98. The number of hydrogen-bond acceptors (Lipinski definition) is 3. The topological polar surface area (TPSA) is 59.8 Å². The van der Waals surface area contributed by atoms with Crippen LogP contribution in [0.1, 0.15) is 18.9 Å². The van der Waals surface area contributed by atoms with Gasteiger partial charge in [-0.2, -0.15) is 5.10 Å². The number of amides is 1. The first-order chi connectivity index (χ1) is 10.0. The lowest BCUT2D eigenvalue weighted by atomic mass is 10.1. The summed E-state index contributed by atoms with van der Waals surface area (Å²) < 4.78 is 1.63. The van der Waals surface area contributed by atoms with Crippen LogP contribution in [-0.4, -0.2) is 26.7 Å². The highest BCUT2D eigenvalue weighted by Crippen LogP contribution is 2.22. The summed E-state index contributed by atoms with van der Waals surface area (Å²) in [7, 11) is 0. The van der Waals surface area contributed by atoms with Crippen LogP contribution in [0, 0.1) is 0 Å². The van der Waals surface area contributed by atoms with Crippen LogP contribution in [0.3, 0.4) is 0 Å². The summed E-state index contributed by atoms with van der Waals surface area (Å²) in [6, 6.07) is 5.37. The van der Waals surface area contributed by atoms with E-state index < -0.39 is 0 Å². The molecule has 0 radical (unpaired) electrons. The first-order valence-corrected chi connectivity index (χ1v) is 7.36. The number of nitrogens with zero attached hydrogens (tertiary/aromatic N) is 3. The molecule has 0 aliphatic rings. The van der Waals surface area contributed by atoms with Crippen LogP contribution < -0.4 is 5.32 Å². The van der Waals surface area contributed by atoms with Gasteiger partial charge in [0, 0.05) is 22.5 Å². The third-order valence-corrected chi connectivity index (χ3v) is 3.57. The number of carbonyl (C=O) groups is 1. The summed E-state index contributed by atoms with van der Waals surface area (Å²) in [5.74, 6) is -0.0249. The van der Waals surface area contributed by atoms with Gasteiger partial charge >= 0.3 is 0 Å². The highest BCUT2D eigenvalue weighted by molar-refractivity contribution is 6.35. The number of aryl methyl sites for hydroxylation is 1. The third kappa shape index (κ3) is 5.02. The zero-order valence-electron chi connectivity index (χ0n) is 11.6. The van der Waals surface area contributed by atoms with Crippen molar-refractivity contribution < 1.29 is 4.79 Å². The monoisotopic (exact) mass is 326 g/mol. The molecule has 2 aromatic rings. The Morgan fingerprint density at radius 1 is 1.43 bits per heavy atom. The highest BCUT2D eigenvalue weighted by Gasteiger charge is 2.10. The van der Waals surface area contributed by atoms with Crippen molar-refractivity contribution in [2.24, 2.45) is 0 Å². The number of carbonyl (C=O) groups excluding carboxylic acids is 1. The molecule has 1 amide bonds. The lowest BCUT2D eigenvalue weighted by Crippen LogP contribution is -2.34. The molecule has 7 heteroatoms. The Labute approximate surface area is 133 Å². The molecule has 2 rings (SSSR count). The van der Waals surface area contributed by atoms with Crippen LogP contribution in [0.15, 0.2) is 30.9 Å². The van der Waals surface area contributed by atoms with E-state index in [2.05, 4.69) is 15.4 Å². The molecule has 1 N–H and O–H groups in total. The maximum Gasteiger partial charge on any atom is 0.222 e. The summed E-state index contributed by atoms with van der Waals surface area (Å²) in [6.07, 6.45) is 4.06. The molecule has 1 aromatic carbocycles. The van der Waals surface area contributed by atoms with Gasteiger partial charge in [0.25, 0.3) is 0 Å². The zero-order valence-corrected chi connectivity index (χ0v) is 13.1. The number of rotatable bonds is 6. The molecule has 5 nitrogen and oxygen atoms in total. The number of benzene rings is 1. The Kier molecular flexibility index (Phi) is 5.59. The molecule has 1 heterocycles. The summed E-state index contributed by atoms with van der Waals surface area (Å²) in [5.41, 5.74) is 0.963. The molecule has 0 fully saturated rings. The molecule has 0 bridgehead atoms. The van der Waals surface area contributed by atoms with Crippen LogP contribution in [-0.2, 0) is 17.8 Å². The summed E-state index contributed by atoms with van der Waals surface area (Å²) in [4.78, 5) is 15.7. The SMILES string of the molecule is C[C@H](Cc1ccc(Cl)cc1Cl)NC(=O)CCn1cncn1. The Bertz CT molecular complexity index is 601. The van der Waals surface area contributed by atoms with Gasteiger partial charge in [0.1, 0.15) is 12.7 Å². The minimum absolute atomic E-state index is 0.00748. The maximum atomic E-state index is 11.9. The fourth-order valence-corrected chi connectivity index (χ4v) is 2.47. The number of nitrogens with one attached hydrogen (secondary N) is 1. The molecular weight excluding hydrogens is 311 g/mol. The van der Waals surface area contributed by atoms with E-state index in [0.717, 1.165) is 5.56 Å². The summed E-state index contributed by atoms with van der Waals surface area (Å²) in [5, 5.41) is 8.11. The molecule has 0 aliphatic heterocycles. The van der Waals surface area contributed by atoms with Crippen molar-refractivity contribution in [1.29, 1.82) is 0 Å². The second kappa shape index (κ2) is 7.43. The van der Waals surface area contributed by atoms with E-state index in [4.69, 9.17) is 23.2 Å². The number of aromatic nitrogens is 3. The van der Waals surface area contributed by atoms with Gasteiger partial charge in [0.15, 0.2) is 0 Å². The summed E-state index contributed by atoms with van der Waals surface area (Å²) in [6.45, 7) is 2.46. The molecule has 0 saturated carbocycles. The fraction of sp³-hybridized carbons (Fsp3) is 0.357. The first-order valence-electron chi connectivity index (χ1n) is 6.60. The van der Waals surface area contributed by atoms with Crippen molar-refractivity contribution in [3.63, 3.8) is 0 Å². The zero-order chi connectivity index (χ0) is 15.2. The van der Waals surface area contributed by atoms with Crippen molar-refractivity contribution in [1.82, 2.24) is 20.1 Å². The van der Waals surface area contributed by atoms with Crippen LogP contribution >= 0.6 is 23.2 Å². The van der Waals surface area contributed by atoms with Gasteiger partial charge in [-0.1, -0.05) is 29.3 Å². The van der Waals surface area contributed by atoms with Crippen LogP contribution in [0.4, 0.5) is 0 Å². The standard InChI is InChI=1S/C14H16Cl2N4O/c1-10(6-11-2-3-12(15)7-13(11)16)19-14(21)4-5-20-9-17-8-18-20/h2-3,7-10H,4-6H2,1H3,(H,19,21)/t10-/m1/s1. The molecule has 0 aliphatic carbocycles. The maximum absolute atomic E-state index is 11.9.